The zero-order valence-corrected chi connectivity index (χ0v) is 27.5. The molecule has 0 unspecified atom stereocenters. The van der Waals surface area contributed by atoms with Crippen LogP contribution in [0, 0.1) is 13.8 Å². The van der Waals surface area contributed by atoms with E-state index in [-0.39, 0.29) is 34.8 Å². The third-order valence-electron chi connectivity index (χ3n) is 7.77. The number of anilines is 5. The molecule has 6 rings (SSSR count). The molecular formula is C32H34N8O4S2. The number of hydrogen-bond acceptors (Lipinski definition) is 10. The highest BCUT2D eigenvalue weighted by molar-refractivity contribution is 7.90. The highest BCUT2D eigenvalue weighted by atomic mass is 32.2. The Balaban J connectivity index is 1.47. The van der Waals surface area contributed by atoms with Gasteiger partial charge < -0.3 is 26.2 Å². The standard InChI is InChI=1S/C32H34N8O4S2/c1-19-7-9-22(10-8-19)46(43,44)40-14-11-23-30(34-24-12-15-45-28(24)29(33)42)36-32(37-31(23)40)35-25-17-26-21(16-20(25)2)6-5-13-39(26)27(41)18-38(3)4/h7-12,14-17H,5-6,13,18H2,1-4H3,(H2,33,42)(H2,34,35,36,37). The lowest BCUT2D eigenvalue weighted by Gasteiger charge is -2.31. The maximum Gasteiger partial charge on any atom is 0.269 e. The molecule has 2 aromatic carbocycles. The van der Waals surface area contributed by atoms with Gasteiger partial charge in [0.15, 0.2) is 5.65 Å². The number of nitrogens with two attached hydrogens (primary N) is 1. The van der Waals surface area contributed by atoms with Crippen molar-refractivity contribution in [2.45, 2.75) is 31.6 Å². The fourth-order valence-electron chi connectivity index (χ4n) is 5.51. The maximum absolute atomic E-state index is 13.8. The predicted octanol–water partition coefficient (Wildman–Crippen LogP) is 4.77. The van der Waals surface area contributed by atoms with Crippen LogP contribution in [0.1, 0.15) is 32.8 Å². The quantitative estimate of drug-likeness (QED) is 0.203. The molecule has 0 spiro atoms. The van der Waals surface area contributed by atoms with E-state index in [0.717, 1.165) is 39.2 Å². The minimum atomic E-state index is -4.03. The molecule has 1 aliphatic rings. The van der Waals surface area contributed by atoms with Crippen molar-refractivity contribution in [3.05, 3.63) is 81.7 Å². The van der Waals surface area contributed by atoms with Gasteiger partial charge in [-0.2, -0.15) is 9.97 Å². The Morgan fingerprint density at radius 1 is 1.02 bits per heavy atom. The van der Waals surface area contributed by atoms with Crippen LogP contribution >= 0.6 is 11.3 Å². The Morgan fingerprint density at radius 2 is 1.78 bits per heavy atom. The number of primary amides is 1. The summed E-state index contributed by atoms with van der Waals surface area (Å²) in [7, 11) is -0.301. The Labute approximate surface area is 270 Å². The molecule has 14 heteroatoms. The third kappa shape index (κ3) is 5.94. The Kier molecular flexibility index (Phi) is 8.27. The van der Waals surface area contributed by atoms with Crippen LogP contribution < -0.4 is 21.3 Å². The molecule has 0 bridgehead atoms. The molecule has 0 saturated carbocycles. The van der Waals surface area contributed by atoms with E-state index in [1.807, 2.05) is 43.8 Å². The minimum Gasteiger partial charge on any atom is -0.365 e. The Bertz CT molecular complexity index is 2090. The third-order valence-corrected chi connectivity index (χ3v) is 10.4. The van der Waals surface area contributed by atoms with Gasteiger partial charge in [0, 0.05) is 24.1 Å². The Hall–Kier alpha value is -4.79. The molecule has 4 heterocycles. The van der Waals surface area contributed by atoms with Crippen LogP contribution in [0.25, 0.3) is 11.0 Å². The number of fused-ring (bicyclic) bond motifs is 2. The van der Waals surface area contributed by atoms with Crippen LogP contribution in [-0.4, -0.2) is 66.3 Å². The molecule has 5 aromatic rings. The summed E-state index contributed by atoms with van der Waals surface area (Å²) in [6, 6.07) is 13.9. The number of benzene rings is 2. The summed E-state index contributed by atoms with van der Waals surface area (Å²) in [5.74, 6) is -0.191. The van der Waals surface area contributed by atoms with Crippen LogP contribution in [0.15, 0.2) is 65.0 Å². The van der Waals surface area contributed by atoms with Crippen LogP contribution in [0.4, 0.5) is 28.8 Å². The highest BCUT2D eigenvalue weighted by Crippen LogP contribution is 2.36. The molecule has 0 atom stereocenters. The van der Waals surface area contributed by atoms with Gasteiger partial charge in [-0.25, -0.2) is 12.4 Å². The summed E-state index contributed by atoms with van der Waals surface area (Å²) in [4.78, 5) is 38.7. The number of aryl methyl sites for hydroxylation is 3. The van der Waals surface area contributed by atoms with Crippen LogP contribution in [0.5, 0.6) is 0 Å². The second-order valence-electron chi connectivity index (χ2n) is 11.5. The summed E-state index contributed by atoms with van der Waals surface area (Å²) in [5.41, 5.74) is 10.6. The monoisotopic (exact) mass is 658 g/mol. The lowest BCUT2D eigenvalue weighted by atomic mass is 9.98. The number of nitrogens with zero attached hydrogens (tertiary/aromatic N) is 5. The molecular weight excluding hydrogens is 625 g/mol. The fourth-order valence-corrected chi connectivity index (χ4v) is 7.51. The molecule has 12 nitrogen and oxygen atoms in total. The summed E-state index contributed by atoms with van der Waals surface area (Å²) in [6.45, 7) is 4.74. The first-order valence-corrected chi connectivity index (χ1v) is 17.0. The van der Waals surface area contributed by atoms with Crippen molar-refractivity contribution >= 4 is 73.0 Å². The summed E-state index contributed by atoms with van der Waals surface area (Å²) in [6.07, 6.45) is 3.16. The van der Waals surface area contributed by atoms with E-state index in [4.69, 9.17) is 10.7 Å². The first-order chi connectivity index (χ1) is 21.9. The predicted molar refractivity (Wildman–Crippen MR) is 181 cm³/mol. The van der Waals surface area contributed by atoms with E-state index in [1.54, 1.807) is 41.8 Å². The van der Waals surface area contributed by atoms with Gasteiger partial charge in [0.25, 0.3) is 15.9 Å². The van der Waals surface area contributed by atoms with E-state index in [0.29, 0.717) is 28.2 Å². The summed E-state index contributed by atoms with van der Waals surface area (Å²) < 4.78 is 28.7. The number of rotatable bonds is 9. The number of nitrogens with one attached hydrogen (secondary N) is 2. The Morgan fingerprint density at radius 3 is 2.50 bits per heavy atom. The van der Waals surface area contributed by atoms with E-state index >= 15 is 0 Å². The minimum absolute atomic E-state index is 0.00469. The largest absolute Gasteiger partial charge is 0.365 e. The highest BCUT2D eigenvalue weighted by Gasteiger charge is 2.26. The number of likely N-dealkylation sites (N-methyl/N-ethyl adjacent to an activating group) is 1. The van der Waals surface area contributed by atoms with Crippen molar-refractivity contribution in [3.8, 4) is 0 Å². The number of amides is 2. The van der Waals surface area contributed by atoms with Gasteiger partial charge in [0.2, 0.25) is 11.9 Å². The van der Waals surface area contributed by atoms with Crippen LogP contribution in [-0.2, 0) is 21.2 Å². The number of aromatic nitrogens is 3. The molecule has 0 aliphatic carbocycles. The second-order valence-corrected chi connectivity index (χ2v) is 14.3. The molecule has 0 fully saturated rings. The van der Waals surface area contributed by atoms with Gasteiger partial charge in [-0.15, -0.1) is 11.3 Å². The van der Waals surface area contributed by atoms with Gasteiger partial charge >= 0.3 is 0 Å². The smallest absolute Gasteiger partial charge is 0.269 e. The van der Waals surface area contributed by atoms with E-state index in [1.165, 1.54) is 17.5 Å². The van der Waals surface area contributed by atoms with E-state index < -0.39 is 15.9 Å². The topological polar surface area (TPSA) is 156 Å². The van der Waals surface area contributed by atoms with Gasteiger partial charge in [-0.05, 0) is 87.6 Å². The lowest BCUT2D eigenvalue weighted by Crippen LogP contribution is -2.40. The molecule has 46 heavy (non-hydrogen) atoms. The molecule has 0 saturated heterocycles. The molecule has 238 valence electrons. The first kappa shape index (κ1) is 31.2. The lowest BCUT2D eigenvalue weighted by molar-refractivity contribution is -0.119. The number of carbonyl (C=O) groups is 2. The number of hydrogen-bond donors (Lipinski definition) is 3. The van der Waals surface area contributed by atoms with Crippen LogP contribution in [0.2, 0.25) is 0 Å². The van der Waals surface area contributed by atoms with Gasteiger partial charge in [-0.1, -0.05) is 23.8 Å². The number of thiophene rings is 1. The van der Waals surface area contributed by atoms with Crippen LogP contribution in [0.3, 0.4) is 0 Å². The van der Waals surface area contributed by atoms with Crippen molar-refractivity contribution in [2.75, 3.05) is 42.7 Å². The first-order valence-electron chi connectivity index (χ1n) is 14.6. The zero-order valence-electron chi connectivity index (χ0n) is 25.9. The molecule has 1 aliphatic heterocycles. The molecule has 2 amide bonds. The summed E-state index contributed by atoms with van der Waals surface area (Å²) >= 11 is 1.19. The normalized spacial score (nSPS) is 13.2. The zero-order chi connectivity index (χ0) is 32.7. The molecule has 4 N–H and O–H groups in total. The van der Waals surface area contributed by atoms with Crippen molar-refractivity contribution in [2.24, 2.45) is 5.73 Å². The average Bonchev–Trinajstić information content (AvgIpc) is 3.65. The molecule has 3 aromatic heterocycles. The average molecular weight is 659 g/mol. The van der Waals surface area contributed by atoms with Gasteiger partial charge in [0.05, 0.1) is 22.5 Å². The maximum atomic E-state index is 13.8. The van der Waals surface area contributed by atoms with E-state index in [9.17, 15) is 18.0 Å². The van der Waals surface area contributed by atoms with Crippen molar-refractivity contribution in [1.82, 2.24) is 18.8 Å². The van der Waals surface area contributed by atoms with E-state index in [2.05, 4.69) is 21.7 Å². The van der Waals surface area contributed by atoms with Crippen molar-refractivity contribution < 1.29 is 18.0 Å². The van der Waals surface area contributed by atoms with Gasteiger partial charge in [-0.3, -0.25) is 9.59 Å². The number of carbonyl (C=O) groups excluding carboxylic acids is 2. The van der Waals surface area contributed by atoms with Crippen molar-refractivity contribution in [3.63, 3.8) is 0 Å². The van der Waals surface area contributed by atoms with Crippen molar-refractivity contribution in [1.29, 1.82) is 0 Å². The molecule has 0 radical (unpaired) electrons. The SMILES string of the molecule is Cc1ccc(S(=O)(=O)n2ccc3c(Nc4ccsc4C(N)=O)nc(Nc4cc5c(cc4C)CCCN5C(=O)CN(C)C)nc32)cc1. The van der Waals surface area contributed by atoms with Gasteiger partial charge in [0.1, 0.15) is 10.7 Å². The fraction of sp³-hybridized carbons (Fsp3) is 0.250. The summed E-state index contributed by atoms with van der Waals surface area (Å²) in [5, 5.41) is 8.60. The second kappa shape index (κ2) is 12.2.